The van der Waals surface area contributed by atoms with Crippen molar-refractivity contribution in [2.45, 2.75) is 44.3 Å². The Balaban J connectivity index is 0.00000341. The summed E-state index contributed by atoms with van der Waals surface area (Å²) in [6.07, 6.45) is 6.09. The number of rotatable bonds is 8. The highest BCUT2D eigenvalue weighted by molar-refractivity contribution is 14.0. The molecule has 1 aromatic carbocycles. The number of piperidine rings is 1. The Hall–Kier alpha value is -1.66. The number of guanidine groups is 1. The van der Waals surface area contributed by atoms with Crippen molar-refractivity contribution in [1.29, 1.82) is 0 Å². The van der Waals surface area contributed by atoms with E-state index in [2.05, 4.69) is 20.5 Å². The lowest BCUT2D eigenvalue weighted by molar-refractivity contribution is -0.384. The van der Waals surface area contributed by atoms with Crippen molar-refractivity contribution in [2.24, 2.45) is 4.99 Å². The third kappa shape index (κ3) is 8.41. The summed E-state index contributed by atoms with van der Waals surface area (Å²) >= 11 is 0. The molecule has 2 aliphatic rings. The van der Waals surface area contributed by atoms with Crippen molar-refractivity contribution in [2.75, 3.05) is 51.8 Å². The molecule has 2 fully saturated rings. The van der Waals surface area contributed by atoms with Gasteiger partial charge in [0.1, 0.15) is 0 Å². The average molecular weight is 547 g/mol. The molecule has 2 heterocycles. The van der Waals surface area contributed by atoms with Gasteiger partial charge in [0, 0.05) is 57.7 Å². The predicted octanol–water partition coefficient (Wildman–Crippen LogP) is 3.25. The fourth-order valence-electron chi connectivity index (χ4n) is 3.83. The molecule has 1 atom stereocenters. The van der Waals surface area contributed by atoms with Gasteiger partial charge in [-0.3, -0.25) is 15.1 Å². The number of anilines is 1. The third-order valence-corrected chi connectivity index (χ3v) is 5.56. The number of non-ortho nitro benzene ring substituents is 1. The van der Waals surface area contributed by atoms with Gasteiger partial charge in [-0.2, -0.15) is 0 Å². The molecule has 1 aromatic rings. The van der Waals surface area contributed by atoms with Crippen LogP contribution >= 0.6 is 24.0 Å². The van der Waals surface area contributed by atoms with E-state index in [1.54, 1.807) is 19.2 Å². The Labute approximate surface area is 201 Å². The second-order valence-electron chi connectivity index (χ2n) is 7.71. The first-order chi connectivity index (χ1) is 14.7. The molecule has 31 heavy (non-hydrogen) atoms. The van der Waals surface area contributed by atoms with Crippen LogP contribution in [0.15, 0.2) is 29.3 Å². The molecule has 3 rings (SSSR count). The van der Waals surface area contributed by atoms with Crippen molar-refractivity contribution in [3.8, 4) is 0 Å². The summed E-state index contributed by atoms with van der Waals surface area (Å²) in [6.45, 7) is 4.83. The molecule has 0 amide bonds. The number of nitrogens with zero attached hydrogens (tertiary/aromatic N) is 3. The standard InChI is InChI=1S/C21H33N5O4.HI/c1-22-21(24-12-11-23-17-5-7-18(8-6-17)26(27)28)25-13-9-19(10-14-25)30-16-20-4-2-3-15-29-20;/h5-8,19-20,23H,2-4,9-16H2,1H3,(H,22,24);1H. The number of aliphatic imine (C=N–C) groups is 1. The molecular weight excluding hydrogens is 513 g/mol. The van der Waals surface area contributed by atoms with Crippen LogP contribution in [0.25, 0.3) is 0 Å². The van der Waals surface area contributed by atoms with Crippen LogP contribution < -0.4 is 10.6 Å². The first-order valence-electron chi connectivity index (χ1n) is 10.8. The second-order valence-corrected chi connectivity index (χ2v) is 7.71. The van der Waals surface area contributed by atoms with Gasteiger partial charge in [-0.05, 0) is 44.2 Å². The first kappa shape index (κ1) is 25.6. The van der Waals surface area contributed by atoms with Crippen molar-refractivity contribution >= 4 is 41.3 Å². The van der Waals surface area contributed by atoms with Crippen LogP contribution in [0.4, 0.5) is 11.4 Å². The highest BCUT2D eigenvalue weighted by Gasteiger charge is 2.23. The fourth-order valence-corrected chi connectivity index (χ4v) is 3.83. The van der Waals surface area contributed by atoms with Crippen molar-refractivity contribution in [1.82, 2.24) is 10.2 Å². The van der Waals surface area contributed by atoms with Gasteiger partial charge in [0.2, 0.25) is 0 Å². The molecule has 174 valence electrons. The fraction of sp³-hybridized carbons (Fsp3) is 0.667. The lowest BCUT2D eigenvalue weighted by Gasteiger charge is -2.35. The van der Waals surface area contributed by atoms with E-state index in [1.807, 2.05) is 0 Å². The van der Waals surface area contributed by atoms with Gasteiger partial charge in [0.25, 0.3) is 5.69 Å². The summed E-state index contributed by atoms with van der Waals surface area (Å²) in [4.78, 5) is 17.0. The zero-order valence-corrected chi connectivity index (χ0v) is 20.5. The van der Waals surface area contributed by atoms with Gasteiger partial charge >= 0.3 is 0 Å². The summed E-state index contributed by atoms with van der Waals surface area (Å²) < 4.78 is 11.8. The van der Waals surface area contributed by atoms with E-state index < -0.39 is 4.92 Å². The molecule has 1 unspecified atom stereocenters. The van der Waals surface area contributed by atoms with Gasteiger partial charge in [0.15, 0.2) is 5.96 Å². The Morgan fingerprint density at radius 2 is 1.97 bits per heavy atom. The van der Waals surface area contributed by atoms with Crippen LogP contribution in [-0.4, -0.2) is 74.4 Å². The van der Waals surface area contributed by atoms with Gasteiger partial charge in [-0.15, -0.1) is 24.0 Å². The zero-order valence-electron chi connectivity index (χ0n) is 18.1. The summed E-state index contributed by atoms with van der Waals surface area (Å²) in [5, 5.41) is 17.3. The van der Waals surface area contributed by atoms with Gasteiger partial charge < -0.3 is 25.0 Å². The number of nitro groups is 1. The molecule has 2 saturated heterocycles. The summed E-state index contributed by atoms with van der Waals surface area (Å²) in [5.41, 5.74) is 0.954. The van der Waals surface area contributed by atoms with Crippen LogP contribution in [0.5, 0.6) is 0 Å². The van der Waals surface area contributed by atoms with E-state index in [1.165, 1.54) is 25.0 Å². The molecule has 2 aliphatic heterocycles. The van der Waals surface area contributed by atoms with E-state index in [0.29, 0.717) is 25.8 Å². The third-order valence-electron chi connectivity index (χ3n) is 5.56. The van der Waals surface area contributed by atoms with Crippen molar-refractivity contribution < 1.29 is 14.4 Å². The topological polar surface area (TPSA) is 101 Å². The Kier molecular flexibility index (Phi) is 11.3. The summed E-state index contributed by atoms with van der Waals surface area (Å²) in [6, 6.07) is 6.44. The van der Waals surface area contributed by atoms with E-state index in [0.717, 1.165) is 50.6 Å². The van der Waals surface area contributed by atoms with E-state index in [4.69, 9.17) is 9.47 Å². The quantitative estimate of drug-likeness (QED) is 0.129. The average Bonchev–Trinajstić information content (AvgIpc) is 2.79. The van der Waals surface area contributed by atoms with Crippen LogP contribution in [0.1, 0.15) is 32.1 Å². The maximum absolute atomic E-state index is 10.7. The summed E-state index contributed by atoms with van der Waals surface area (Å²) in [5.74, 6) is 0.898. The van der Waals surface area contributed by atoms with E-state index in [9.17, 15) is 10.1 Å². The van der Waals surface area contributed by atoms with Crippen molar-refractivity contribution in [3.05, 3.63) is 34.4 Å². The van der Waals surface area contributed by atoms with E-state index in [-0.39, 0.29) is 35.8 Å². The Morgan fingerprint density at radius 3 is 2.58 bits per heavy atom. The van der Waals surface area contributed by atoms with Crippen LogP contribution in [0, 0.1) is 10.1 Å². The SMILES string of the molecule is CN=C(NCCNc1ccc([N+](=O)[O-])cc1)N1CCC(OCC2CCCCO2)CC1.I. The van der Waals surface area contributed by atoms with Crippen LogP contribution in [-0.2, 0) is 9.47 Å². The molecule has 0 saturated carbocycles. The second kappa shape index (κ2) is 13.7. The highest BCUT2D eigenvalue weighted by atomic mass is 127. The van der Waals surface area contributed by atoms with Gasteiger partial charge in [-0.1, -0.05) is 0 Å². The van der Waals surface area contributed by atoms with Crippen LogP contribution in [0.2, 0.25) is 0 Å². The first-order valence-corrected chi connectivity index (χ1v) is 10.8. The zero-order chi connectivity index (χ0) is 21.2. The monoisotopic (exact) mass is 547 g/mol. The molecule has 0 spiro atoms. The Morgan fingerprint density at radius 1 is 1.23 bits per heavy atom. The minimum absolute atomic E-state index is 0. The molecule has 10 heteroatoms. The van der Waals surface area contributed by atoms with E-state index >= 15 is 0 Å². The maximum Gasteiger partial charge on any atom is 0.269 e. The maximum atomic E-state index is 10.7. The number of nitrogens with one attached hydrogen (secondary N) is 2. The Bertz CT molecular complexity index is 690. The minimum Gasteiger partial charge on any atom is -0.383 e. The smallest absolute Gasteiger partial charge is 0.269 e. The number of likely N-dealkylation sites (tertiary alicyclic amines) is 1. The number of hydrogen-bond acceptors (Lipinski definition) is 6. The van der Waals surface area contributed by atoms with Gasteiger partial charge in [-0.25, -0.2) is 0 Å². The van der Waals surface area contributed by atoms with Crippen molar-refractivity contribution in [3.63, 3.8) is 0 Å². The molecule has 0 bridgehead atoms. The lowest BCUT2D eigenvalue weighted by atomic mass is 10.1. The molecule has 0 aromatic heterocycles. The largest absolute Gasteiger partial charge is 0.383 e. The molecule has 0 aliphatic carbocycles. The normalized spacial score (nSPS) is 20.1. The molecule has 0 radical (unpaired) electrons. The summed E-state index contributed by atoms with van der Waals surface area (Å²) in [7, 11) is 1.80. The predicted molar refractivity (Wildman–Crippen MR) is 133 cm³/mol. The number of hydrogen-bond donors (Lipinski definition) is 2. The minimum atomic E-state index is -0.396. The lowest BCUT2D eigenvalue weighted by Crippen LogP contribution is -2.48. The number of ether oxygens (including phenoxy) is 2. The number of halogens is 1. The number of benzene rings is 1. The van der Waals surface area contributed by atoms with Gasteiger partial charge in [0.05, 0.1) is 23.7 Å². The molecular formula is C21H34IN5O4. The number of nitro benzene ring substituents is 1. The molecule has 2 N–H and O–H groups in total. The van der Waals surface area contributed by atoms with Crippen LogP contribution in [0.3, 0.4) is 0 Å². The highest BCUT2D eigenvalue weighted by Crippen LogP contribution is 2.18. The molecule has 9 nitrogen and oxygen atoms in total.